The van der Waals surface area contributed by atoms with Crippen molar-refractivity contribution in [3.8, 4) is 0 Å². The molecule has 4 heterocycles. The van der Waals surface area contributed by atoms with Gasteiger partial charge in [-0.25, -0.2) is 24.5 Å². The Morgan fingerprint density at radius 3 is 2.73 bits per heavy atom. The lowest BCUT2D eigenvalue weighted by molar-refractivity contribution is -0.151. The number of benzene rings is 1. The number of imidazole rings is 1. The van der Waals surface area contributed by atoms with Crippen LogP contribution in [0.5, 0.6) is 0 Å². The fraction of sp³-hybridized carbons (Fsp3) is 0.375. The number of urea groups is 1. The van der Waals surface area contributed by atoms with Crippen molar-refractivity contribution in [1.29, 1.82) is 0 Å². The van der Waals surface area contributed by atoms with Gasteiger partial charge in [0.15, 0.2) is 29.5 Å². The van der Waals surface area contributed by atoms with Gasteiger partial charge in [-0.15, -0.1) is 0 Å². The molecule has 37 heavy (non-hydrogen) atoms. The second-order valence-electron chi connectivity index (χ2n) is 8.34. The van der Waals surface area contributed by atoms with E-state index in [4.69, 9.17) is 24.1 Å². The third kappa shape index (κ3) is 5.44. The van der Waals surface area contributed by atoms with Crippen molar-refractivity contribution >= 4 is 35.1 Å². The van der Waals surface area contributed by atoms with E-state index in [2.05, 4.69) is 25.6 Å². The summed E-state index contributed by atoms with van der Waals surface area (Å²) in [6, 6.07) is 9.32. The lowest BCUT2D eigenvalue weighted by Gasteiger charge is -2.20. The van der Waals surface area contributed by atoms with Gasteiger partial charge in [0.2, 0.25) is 0 Å². The van der Waals surface area contributed by atoms with E-state index in [1.54, 1.807) is 11.5 Å². The summed E-state index contributed by atoms with van der Waals surface area (Å²) in [6.45, 7) is 1.79. The number of fused-ring (bicyclic) bond motifs is 2. The van der Waals surface area contributed by atoms with Crippen LogP contribution in [0.3, 0.4) is 0 Å². The minimum absolute atomic E-state index is 0.00590. The topological polar surface area (TPSA) is 159 Å². The summed E-state index contributed by atoms with van der Waals surface area (Å²) >= 11 is 0. The first-order valence-corrected chi connectivity index (χ1v) is 11.7. The van der Waals surface area contributed by atoms with E-state index >= 15 is 0 Å². The highest BCUT2D eigenvalue weighted by molar-refractivity contribution is 5.95. The highest BCUT2D eigenvalue weighted by atomic mass is 16.8. The fourth-order valence-electron chi connectivity index (χ4n) is 4.27. The Kier molecular flexibility index (Phi) is 7.37. The van der Waals surface area contributed by atoms with Gasteiger partial charge < -0.3 is 29.4 Å². The largest absolute Gasteiger partial charge is 0.480 e. The molecule has 1 aromatic carbocycles. The van der Waals surface area contributed by atoms with Gasteiger partial charge in [0, 0.05) is 6.54 Å². The number of carbonyl (C=O) groups is 2. The van der Waals surface area contributed by atoms with Crippen LogP contribution in [0.25, 0.3) is 17.2 Å². The van der Waals surface area contributed by atoms with Crippen LogP contribution in [-0.2, 0) is 23.7 Å². The maximum Gasteiger partial charge on any atom is 0.329 e. The number of rotatable bonds is 9. The highest BCUT2D eigenvalue weighted by Gasteiger charge is 2.53. The van der Waals surface area contributed by atoms with Crippen LogP contribution >= 0.6 is 0 Å². The Bertz CT molecular complexity index is 1280. The van der Waals surface area contributed by atoms with Gasteiger partial charge in [-0.1, -0.05) is 36.4 Å². The molecule has 0 saturated carbocycles. The van der Waals surface area contributed by atoms with E-state index in [1.807, 2.05) is 42.5 Å². The summed E-state index contributed by atoms with van der Waals surface area (Å²) in [7, 11) is 0. The number of anilines is 1. The molecular weight excluding hydrogens is 484 g/mol. The smallest absolute Gasteiger partial charge is 0.329 e. The van der Waals surface area contributed by atoms with Crippen molar-refractivity contribution in [2.75, 3.05) is 25.1 Å². The van der Waals surface area contributed by atoms with Crippen LogP contribution in [0, 0.1) is 0 Å². The summed E-state index contributed by atoms with van der Waals surface area (Å²) in [5.74, 6) is -0.833. The molecule has 3 N–H and O–H groups in total. The average molecular weight is 511 g/mol. The summed E-state index contributed by atoms with van der Waals surface area (Å²) in [6.07, 6.45) is 3.52. The molecule has 2 aliphatic rings. The minimum Gasteiger partial charge on any atom is -0.480 e. The standard InChI is InChI=1S/C24H26N6O7/c1-2-25-24(33)29-21-18-22(27-12-26-21)30(13-28-18)23-20-19(15(35-23)10-34-11-16(31)32)36-17(37-20)9-8-14-6-4-3-5-7-14/h3-9,12-13,15,17,19-20,23H,2,10-11H2,1H3,(H,31,32)(H2,25,26,27,29,33)/b9-8+/t15?,17-,19?,20?,23?/m0/s1. The SMILES string of the molecule is CCNC(=O)Nc1ncnc2c1ncn2C1OC(COCC(=O)O)C2O[C@H](/C=C/c3ccccc3)OC21. The zero-order valence-electron chi connectivity index (χ0n) is 19.9. The molecule has 2 aliphatic heterocycles. The number of nitrogens with zero attached hydrogens (tertiary/aromatic N) is 4. The zero-order valence-corrected chi connectivity index (χ0v) is 19.9. The third-order valence-electron chi connectivity index (χ3n) is 5.82. The van der Waals surface area contributed by atoms with Gasteiger partial charge in [0.25, 0.3) is 0 Å². The summed E-state index contributed by atoms with van der Waals surface area (Å²) in [4.78, 5) is 35.8. The number of nitrogens with one attached hydrogen (secondary N) is 2. The van der Waals surface area contributed by atoms with Gasteiger partial charge >= 0.3 is 12.0 Å². The van der Waals surface area contributed by atoms with Gasteiger partial charge in [-0.2, -0.15) is 0 Å². The average Bonchev–Trinajstić information content (AvgIpc) is 3.58. The number of carboxylic acid groups (broad SMARTS) is 1. The molecule has 2 aromatic heterocycles. The number of hydrogen-bond acceptors (Lipinski definition) is 9. The van der Waals surface area contributed by atoms with E-state index in [1.165, 1.54) is 12.7 Å². The first kappa shape index (κ1) is 24.8. The molecule has 5 atom stereocenters. The number of hydrogen-bond donors (Lipinski definition) is 3. The summed E-state index contributed by atoms with van der Waals surface area (Å²) < 4.78 is 25.5. The number of amides is 2. The van der Waals surface area contributed by atoms with Gasteiger partial charge in [-0.3, -0.25) is 9.88 Å². The molecule has 2 amide bonds. The van der Waals surface area contributed by atoms with Gasteiger partial charge in [-0.05, 0) is 18.6 Å². The zero-order chi connectivity index (χ0) is 25.8. The maximum absolute atomic E-state index is 12.0. The molecule has 2 fully saturated rings. The number of carbonyl (C=O) groups excluding carboxylic acids is 1. The monoisotopic (exact) mass is 510 g/mol. The van der Waals surface area contributed by atoms with E-state index in [0.29, 0.717) is 17.7 Å². The molecule has 4 unspecified atom stereocenters. The van der Waals surface area contributed by atoms with Crippen molar-refractivity contribution < 1.29 is 33.6 Å². The van der Waals surface area contributed by atoms with Crippen molar-refractivity contribution in [2.45, 2.75) is 37.8 Å². The molecule has 0 bridgehead atoms. The second-order valence-corrected chi connectivity index (χ2v) is 8.34. The molecule has 0 spiro atoms. The van der Waals surface area contributed by atoms with Crippen LogP contribution in [0.15, 0.2) is 49.1 Å². The highest BCUT2D eigenvalue weighted by Crippen LogP contribution is 2.41. The van der Waals surface area contributed by atoms with Crippen molar-refractivity contribution in [3.05, 3.63) is 54.6 Å². The maximum atomic E-state index is 12.0. The fourth-order valence-corrected chi connectivity index (χ4v) is 4.27. The Balaban J connectivity index is 1.39. The van der Waals surface area contributed by atoms with Crippen LogP contribution < -0.4 is 10.6 Å². The second kappa shape index (κ2) is 11.0. The number of ether oxygens (including phenoxy) is 4. The van der Waals surface area contributed by atoms with Crippen LogP contribution in [-0.4, -0.2) is 81.0 Å². The van der Waals surface area contributed by atoms with Gasteiger partial charge in [0.1, 0.15) is 31.2 Å². The molecule has 2 saturated heterocycles. The molecule has 0 radical (unpaired) electrons. The van der Waals surface area contributed by atoms with Crippen LogP contribution in [0.2, 0.25) is 0 Å². The summed E-state index contributed by atoms with van der Waals surface area (Å²) in [5.41, 5.74) is 1.79. The first-order chi connectivity index (χ1) is 18.0. The minimum atomic E-state index is -1.08. The predicted octanol–water partition coefficient (Wildman–Crippen LogP) is 1.79. The Hall–Kier alpha value is -3.91. The number of carboxylic acids is 1. The van der Waals surface area contributed by atoms with E-state index in [0.717, 1.165) is 5.56 Å². The lowest BCUT2D eigenvalue weighted by Crippen LogP contribution is -2.32. The molecule has 5 rings (SSSR count). The Morgan fingerprint density at radius 1 is 1.14 bits per heavy atom. The molecule has 3 aromatic rings. The molecule has 194 valence electrons. The Morgan fingerprint density at radius 2 is 1.95 bits per heavy atom. The summed E-state index contributed by atoms with van der Waals surface area (Å²) in [5, 5.41) is 14.3. The quantitative estimate of drug-likeness (QED) is 0.387. The molecule has 0 aliphatic carbocycles. The van der Waals surface area contributed by atoms with Crippen molar-refractivity contribution in [2.24, 2.45) is 0 Å². The lowest BCUT2D eigenvalue weighted by atomic mass is 10.1. The molecule has 13 heteroatoms. The molecule has 13 nitrogen and oxygen atoms in total. The molecular formula is C24H26N6O7. The normalized spacial score (nSPS) is 24.9. The van der Waals surface area contributed by atoms with Crippen LogP contribution in [0.4, 0.5) is 10.6 Å². The van der Waals surface area contributed by atoms with E-state index in [9.17, 15) is 9.59 Å². The Labute approximate surface area is 211 Å². The third-order valence-corrected chi connectivity index (χ3v) is 5.82. The van der Waals surface area contributed by atoms with Gasteiger partial charge in [0.05, 0.1) is 12.9 Å². The van der Waals surface area contributed by atoms with E-state index in [-0.39, 0.29) is 12.4 Å². The first-order valence-electron chi connectivity index (χ1n) is 11.7. The van der Waals surface area contributed by atoms with E-state index < -0.39 is 49.4 Å². The van der Waals surface area contributed by atoms with Crippen molar-refractivity contribution in [3.63, 3.8) is 0 Å². The van der Waals surface area contributed by atoms with Crippen molar-refractivity contribution in [1.82, 2.24) is 24.8 Å². The predicted molar refractivity (Wildman–Crippen MR) is 129 cm³/mol. The number of aliphatic carboxylic acids is 1. The van der Waals surface area contributed by atoms with Crippen LogP contribution in [0.1, 0.15) is 18.7 Å². The number of aromatic nitrogens is 4.